The minimum Gasteiger partial charge on any atom is -0.298 e. The van der Waals surface area contributed by atoms with Crippen LogP contribution in [0.15, 0.2) is 66.1 Å². The maximum absolute atomic E-state index is 12.0. The van der Waals surface area contributed by atoms with Crippen molar-refractivity contribution in [3.05, 3.63) is 77.2 Å². The van der Waals surface area contributed by atoms with Gasteiger partial charge in [-0.15, -0.1) is 11.3 Å². The number of benzene rings is 2. The van der Waals surface area contributed by atoms with E-state index in [1.807, 2.05) is 35.7 Å². The summed E-state index contributed by atoms with van der Waals surface area (Å²) < 4.78 is 0. The number of aromatic nitrogens is 1. The molecule has 3 rings (SSSR count). The van der Waals surface area contributed by atoms with Crippen molar-refractivity contribution >= 4 is 28.5 Å². The number of thiazole rings is 1. The standard InChI is InChI=1S/C20H18N2OS/c1-2-15-8-11-17(12-9-15)18-14-24-20(21-18)22-19(23)13-10-16-6-4-3-5-7-16/h3-14H,2H2,1H3,(H,21,22,23). The van der Waals surface area contributed by atoms with Crippen LogP contribution < -0.4 is 5.32 Å². The van der Waals surface area contributed by atoms with Crippen LogP contribution in [0.5, 0.6) is 0 Å². The van der Waals surface area contributed by atoms with E-state index < -0.39 is 0 Å². The normalized spacial score (nSPS) is 10.9. The number of hydrogen-bond acceptors (Lipinski definition) is 3. The molecule has 0 bridgehead atoms. The minimum absolute atomic E-state index is 0.180. The van der Waals surface area contributed by atoms with Crippen molar-refractivity contribution in [2.45, 2.75) is 13.3 Å². The summed E-state index contributed by atoms with van der Waals surface area (Å²) in [5.41, 5.74) is 4.23. The summed E-state index contributed by atoms with van der Waals surface area (Å²) in [5, 5.41) is 5.37. The number of rotatable bonds is 5. The fraction of sp³-hybridized carbons (Fsp3) is 0.100. The lowest BCUT2D eigenvalue weighted by Gasteiger charge is -1.99. The van der Waals surface area contributed by atoms with Gasteiger partial charge in [-0.1, -0.05) is 61.5 Å². The Kier molecular flexibility index (Phi) is 5.18. The molecule has 4 heteroatoms. The van der Waals surface area contributed by atoms with Crippen molar-refractivity contribution in [1.82, 2.24) is 4.98 Å². The lowest BCUT2D eigenvalue weighted by molar-refractivity contribution is -0.111. The maximum atomic E-state index is 12.0. The van der Waals surface area contributed by atoms with Gasteiger partial charge >= 0.3 is 0 Å². The second-order valence-corrected chi connectivity index (χ2v) is 6.18. The highest BCUT2D eigenvalue weighted by Gasteiger charge is 2.06. The van der Waals surface area contributed by atoms with Crippen molar-refractivity contribution < 1.29 is 4.79 Å². The van der Waals surface area contributed by atoms with Crippen molar-refractivity contribution in [1.29, 1.82) is 0 Å². The first-order valence-electron chi connectivity index (χ1n) is 7.83. The van der Waals surface area contributed by atoms with Crippen LogP contribution in [-0.2, 0) is 11.2 Å². The number of aryl methyl sites for hydroxylation is 1. The predicted molar refractivity (Wildman–Crippen MR) is 101 cm³/mol. The van der Waals surface area contributed by atoms with E-state index in [-0.39, 0.29) is 5.91 Å². The summed E-state index contributed by atoms with van der Waals surface area (Å²) in [6.07, 6.45) is 4.33. The smallest absolute Gasteiger partial charge is 0.250 e. The molecule has 0 unspecified atom stereocenters. The van der Waals surface area contributed by atoms with Crippen molar-refractivity contribution in [3.63, 3.8) is 0 Å². The first kappa shape index (κ1) is 16.1. The SMILES string of the molecule is CCc1ccc(-c2csc(NC(=O)C=Cc3ccccc3)n2)cc1. The van der Waals surface area contributed by atoms with E-state index in [2.05, 4.69) is 41.5 Å². The molecule has 0 saturated carbocycles. The van der Waals surface area contributed by atoms with Gasteiger partial charge in [0.1, 0.15) is 0 Å². The van der Waals surface area contributed by atoms with E-state index in [9.17, 15) is 4.79 Å². The summed E-state index contributed by atoms with van der Waals surface area (Å²) in [5.74, 6) is -0.180. The first-order chi connectivity index (χ1) is 11.7. The number of nitrogens with one attached hydrogen (secondary N) is 1. The van der Waals surface area contributed by atoms with Crippen LogP contribution >= 0.6 is 11.3 Å². The minimum atomic E-state index is -0.180. The second kappa shape index (κ2) is 7.70. The molecule has 0 radical (unpaired) electrons. The van der Waals surface area contributed by atoms with Crippen LogP contribution in [0.3, 0.4) is 0 Å². The highest BCUT2D eigenvalue weighted by molar-refractivity contribution is 7.14. The monoisotopic (exact) mass is 334 g/mol. The Bertz CT molecular complexity index is 836. The third-order valence-corrected chi connectivity index (χ3v) is 4.38. The molecule has 0 atom stereocenters. The van der Waals surface area contributed by atoms with Crippen LogP contribution in [0, 0.1) is 0 Å². The van der Waals surface area contributed by atoms with Gasteiger partial charge in [0.05, 0.1) is 5.69 Å². The van der Waals surface area contributed by atoms with Crippen LogP contribution in [0.1, 0.15) is 18.1 Å². The number of carbonyl (C=O) groups excluding carboxylic acids is 1. The zero-order chi connectivity index (χ0) is 16.8. The number of carbonyl (C=O) groups is 1. The molecule has 24 heavy (non-hydrogen) atoms. The molecule has 0 fully saturated rings. The maximum Gasteiger partial charge on any atom is 0.250 e. The molecule has 3 nitrogen and oxygen atoms in total. The highest BCUT2D eigenvalue weighted by atomic mass is 32.1. The van der Waals surface area contributed by atoms with Gasteiger partial charge in [-0.05, 0) is 23.6 Å². The van der Waals surface area contributed by atoms with Crippen molar-refractivity contribution in [2.75, 3.05) is 5.32 Å². The Hall–Kier alpha value is -2.72. The lowest BCUT2D eigenvalue weighted by atomic mass is 10.1. The molecule has 1 aromatic heterocycles. The molecule has 0 spiro atoms. The molecule has 1 amide bonds. The highest BCUT2D eigenvalue weighted by Crippen LogP contribution is 2.25. The molecular formula is C20H18N2OS. The van der Waals surface area contributed by atoms with Gasteiger partial charge < -0.3 is 0 Å². The van der Waals surface area contributed by atoms with Gasteiger partial charge in [0.15, 0.2) is 5.13 Å². The zero-order valence-electron chi connectivity index (χ0n) is 13.4. The third kappa shape index (κ3) is 4.18. The Morgan fingerprint density at radius 2 is 1.88 bits per heavy atom. The van der Waals surface area contributed by atoms with E-state index in [4.69, 9.17) is 0 Å². The van der Waals surface area contributed by atoms with Gasteiger partial charge in [0.25, 0.3) is 0 Å². The largest absolute Gasteiger partial charge is 0.298 e. The summed E-state index contributed by atoms with van der Waals surface area (Å²) >= 11 is 1.43. The quantitative estimate of drug-likeness (QED) is 0.665. The van der Waals surface area contributed by atoms with Crippen molar-refractivity contribution in [3.8, 4) is 11.3 Å². The third-order valence-electron chi connectivity index (χ3n) is 3.62. The molecule has 120 valence electrons. The van der Waals surface area contributed by atoms with Crippen LogP contribution in [0.25, 0.3) is 17.3 Å². The zero-order valence-corrected chi connectivity index (χ0v) is 14.2. The van der Waals surface area contributed by atoms with Crippen molar-refractivity contribution in [2.24, 2.45) is 0 Å². The fourth-order valence-corrected chi connectivity index (χ4v) is 2.98. The molecule has 0 aliphatic rings. The van der Waals surface area contributed by atoms with Gasteiger partial charge in [0.2, 0.25) is 5.91 Å². The molecule has 0 aliphatic heterocycles. The average molecular weight is 334 g/mol. The molecule has 0 saturated heterocycles. The molecule has 1 N–H and O–H groups in total. The summed E-state index contributed by atoms with van der Waals surface area (Å²) in [4.78, 5) is 16.5. The van der Waals surface area contributed by atoms with E-state index >= 15 is 0 Å². The molecule has 2 aromatic carbocycles. The summed E-state index contributed by atoms with van der Waals surface area (Å²) in [7, 11) is 0. The Labute approximate surface area is 145 Å². The number of anilines is 1. The van der Waals surface area contributed by atoms with Crippen LogP contribution in [-0.4, -0.2) is 10.9 Å². The Morgan fingerprint density at radius 1 is 1.12 bits per heavy atom. The summed E-state index contributed by atoms with van der Waals surface area (Å²) in [6, 6.07) is 18.1. The fourth-order valence-electron chi connectivity index (χ4n) is 2.26. The Morgan fingerprint density at radius 3 is 2.58 bits per heavy atom. The summed E-state index contributed by atoms with van der Waals surface area (Å²) in [6.45, 7) is 2.13. The van der Waals surface area contributed by atoms with E-state index in [0.29, 0.717) is 5.13 Å². The number of amides is 1. The average Bonchev–Trinajstić information content (AvgIpc) is 3.09. The van der Waals surface area contributed by atoms with Gasteiger partial charge in [-0.25, -0.2) is 4.98 Å². The predicted octanol–water partition coefficient (Wildman–Crippen LogP) is 5.02. The lowest BCUT2D eigenvalue weighted by Crippen LogP contribution is -2.07. The van der Waals surface area contributed by atoms with Crippen LogP contribution in [0.4, 0.5) is 5.13 Å². The first-order valence-corrected chi connectivity index (χ1v) is 8.71. The van der Waals surface area contributed by atoms with Gasteiger partial charge in [-0.2, -0.15) is 0 Å². The van der Waals surface area contributed by atoms with E-state index in [1.54, 1.807) is 6.08 Å². The van der Waals surface area contributed by atoms with Gasteiger partial charge in [-0.3, -0.25) is 10.1 Å². The molecule has 1 heterocycles. The van der Waals surface area contributed by atoms with Crippen LogP contribution in [0.2, 0.25) is 0 Å². The molecular weight excluding hydrogens is 316 g/mol. The molecule has 0 aliphatic carbocycles. The second-order valence-electron chi connectivity index (χ2n) is 5.32. The van der Waals surface area contributed by atoms with E-state index in [0.717, 1.165) is 23.2 Å². The Balaban J connectivity index is 1.65. The molecule has 3 aromatic rings. The number of hydrogen-bond donors (Lipinski definition) is 1. The van der Waals surface area contributed by atoms with E-state index in [1.165, 1.54) is 23.0 Å². The van der Waals surface area contributed by atoms with Gasteiger partial charge in [0, 0.05) is 17.0 Å². The topological polar surface area (TPSA) is 42.0 Å². The number of nitrogens with zero attached hydrogens (tertiary/aromatic N) is 1.